The van der Waals surface area contributed by atoms with Crippen molar-refractivity contribution in [2.24, 2.45) is 5.92 Å². The molecular weight excluding hydrogens is 667 g/mol. The van der Waals surface area contributed by atoms with Crippen molar-refractivity contribution in [3.8, 4) is 11.1 Å². The summed E-state index contributed by atoms with van der Waals surface area (Å²) < 4.78 is 4.02. The molecule has 1 atom stereocenters. The molecule has 0 aliphatic heterocycles. The Morgan fingerprint density at radius 1 is 0.622 bits per heavy atom. The molecule has 0 fully saturated rings. The molecule has 0 aromatic heterocycles. The van der Waals surface area contributed by atoms with Crippen LogP contribution in [0, 0.1) is 19.8 Å². The predicted molar refractivity (Wildman–Crippen MR) is 183 cm³/mol. The zero-order chi connectivity index (χ0) is 29.9. The summed E-state index contributed by atoms with van der Waals surface area (Å²) in [4.78, 5) is 0. The molecule has 0 saturated heterocycles. The molecule has 0 radical (unpaired) electrons. The first kappa shape index (κ1) is 35.5. The van der Waals surface area contributed by atoms with Crippen LogP contribution < -0.4 is 24.8 Å². The molecule has 2 aliphatic carbocycles. The van der Waals surface area contributed by atoms with Gasteiger partial charge in [-0.3, -0.25) is 0 Å². The second kappa shape index (κ2) is 16.0. The molecular formula is C42H46Cl2Zr. The van der Waals surface area contributed by atoms with E-state index in [0.717, 1.165) is 0 Å². The molecule has 0 amide bonds. The fourth-order valence-electron chi connectivity index (χ4n) is 7.71. The van der Waals surface area contributed by atoms with E-state index in [1.165, 1.54) is 71.9 Å². The Morgan fingerprint density at radius 2 is 1.13 bits per heavy atom. The summed E-state index contributed by atoms with van der Waals surface area (Å²) in [6.45, 7) is 11.7. The smallest absolute Gasteiger partial charge is 1.00 e. The van der Waals surface area contributed by atoms with E-state index in [4.69, 9.17) is 0 Å². The van der Waals surface area contributed by atoms with Gasteiger partial charge in [0.1, 0.15) is 0 Å². The van der Waals surface area contributed by atoms with Crippen LogP contribution in [0.5, 0.6) is 0 Å². The fraction of sp³-hybridized carbons (Fsp3) is 0.310. The third kappa shape index (κ3) is 7.03. The standard InChI is InChI=1S/C15H13.C14H23.C13H10.2ClH.Zr/c1-10-3-5-14-12(7-10)9-13-8-11(2)4-6-15(13)14;1-4-7-12-10-13(8-5-2)14(11-12)9-6-3;1-3-7-12(8-4-1)11-13-9-5-2-6-10-13;;;/h3-9H,1-2H3;10,12H,4-9H2,1-3H3;1-10H;2*1H;/q;;;;;+2/p-2. The van der Waals surface area contributed by atoms with Gasteiger partial charge in [0.05, 0.1) is 0 Å². The van der Waals surface area contributed by atoms with Crippen molar-refractivity contribution < 1.29 is 46.1 Å². The second-order valence-corrected chi connectivity index (χ2v) is 18.6. The second-order valence-electron chi connectivity index (χ2n) is 12.6. The number of aryl methyl sites for hydroxylation is 2. The van der Waals surface area contributed by atoms with Crippen LogP contribution in [0.3, 0.4) is 0 Å². The summed E-state index contributed by atoms with van der Waals surface area (Å²) in [5.74, 6) is 0.562. The number of benzene rings is 4. The molecule has 0 heterocycles. The minimum Gasteiger partial charge on any atom is -1.00 e. The number of halogens is 2. The van der Waals surface area contributed by atoms with Gasteiger partial charge >= 0.3 is 269 Å². The van der Waals surface area contributed by atoms with Crippen LogP contribution in [0.1, 0.15) is 96.3 Å². The first-order chi connectivity index (χ1) is 21.0. The number of fused-ring (bicyclic) bond motifs is 3. The molecule has 232 valence electrons. The van der Waals surface area contributed by atoms with Crippen molar-refractivity contribution in [3.63, 3.8) is 0 Å². The Kier molecular flexibility index (Phi) is 12.6. The van der Waals surface area contributed by atoms with Gasteiger partial charge in [0, 0.05) is 0 Å². The molecule has 0 nitrogen and oxygen atoms in total. The molecule has 4 aromatic carbocycles. The topological polar surface area (TPSA) is 0 Å². The maximum absolute atomic E-state index is 2.82. The number of allylic oxidation sites excluding steroid dienone is 4. The van der Waals surface area contributed by atoms with Gasteiger partial charge in [-0.25, -0.2) is 0 Å². The quantitative estimate of drug-likeness (QED) is 0.205. The number of rotatable bonds is 10. The van der Waals surface area contributed by atoms with Gasteiger partial charge in [0.25, 0.3) is 0 Å². The summed E-state index contributed by atoms with van der Waals surface area (Å²) in [5, 5.41) is 0. The van der Waals surface area contributed by atoms with Crippen LogP contribution in [0.4, 0.5) is 0 Å². The molecule has 4 aromatic rings. The zero-order valence-electron chi connectivity index (χ0n) is 27.5. The Morgan fingerprint density at radius 3 is 1.60 bits per heavy atom. The van der Waals surface area contributed by atoms with E-state index in [-0.39, 0.29) is 24.8 Å². The third-order valence-electron chi connectivity index (χ3n) is 9.40. The molecule has 0 N–H and O–H groups in total. The van der Waals surface area contributed by atoms with Crippen molar-refractivity contribution >= 4 is 3.21 Å². The molecule has 3 heteroatoms. The van der Waals surface area contributed by atoms with E-state index in [9.17, 15) is 0 Å². The third-order valence-corrected chi connectivity index (χ3v) is 18.2. The summed E-state index contributed by atoms with van der Waals surface area (Å²) in [7, 11) is 0. The Labute approximate surface area is 292 Å². The van der Waals surface area contributed by atoms with Crippen LogP contribution in [0.15, 0.2) is 118 Å². The normalized spacial score (nSPS) is 14.9. The largest absolute Gasteiger partial charge is 1.00 e. The average molecular weight is 713 g/mol. The molecule has 0 spiro atoms. The summed E-state index contributed by atoms with van der Waals surface area (Å²) >= 11 is -2.82. The van der Waals surface area contributed by atoms with E-state index in [2.05, 4.69) is 138 Å². The Bertz CT molecular complexity index is 1620. The van der Waals surface area contributed by atoms with Crippen molar-refractivity contribution in [1.29, 1.82) is 0 Å². The average Bonchev–Trinajstić information content (AvgIpc) is 3.51. The maximum Gasteiger partial charge on any atom is -1.00 e. The SMILES string of the molecule is CCCC1=CC(CCC)[C]([Zr+2](=[C](c2ccccc2)c2ccccc2)[CH]2c3cc(C)ccc3-c3ccc(C)cc32)=C1CCC.[Cl-].[Cl-]. The van der Waals surface area contributed by atoms with Gasteiger partial charge in [-0.1, -0.05) is 0 Å². The molecule has 0 bridgehead atoms. The molecule has 0 saturated carbocycles. The van der Waals surface area contributed by atoms with Gasteiger partial charge < -0.3 is 24.8 Å². The first-order valence-electron chi connectivity index (χ1n) is 16.6. The predicted octanol–water partition coefficient (Wildman–Crippen LogP) is 5.48. The first-order valence-corrected chi connectivity index (χ1v) is 20.4. The van der Waals surface area contributed by atoms with Crippen molar-refractivity contribution in [2.75, 3.05) is 0 Å². The van der Waals surface area contributed by atoms with Crippen LogP contribution >= 0.6 is 0 Å². The Balaban J connectivity index is 0.00000230. The van der Waals surface area contributed by atoms with Gasteiger partial charge in [-0.2, -0.15) is 0 Å². The van der Waals surface area contributed by atoms with E-state index >= 15 is 0 Å². The van der Waals surface area contributed by atoms with Crippen molar-refractivity contribution in [1.82, 2.24) is 0 Å². The van der Waals surface area contributed by atoms with Crippen molar-refractivity contribution in [3.05, 3.63) is 151 Å². The van der Waals surface area contributed by atoms with Gasteiger partial charge in [0.2, 0.25) is 0 Å². The van der Waals surface area contributed by atoms with E-state index in [1.807, 2.05) is 3.28 Å². The van der Waals surface area contributed by atoms with Crippen molar-refractivity contribution in [2.45, 2.75) is 76.8 Å². The molecule has 2 aliphatic rings. The van der Waals surface area contributed by atoms with E-state index in [1.54, 1.807) is 25.5 Å². The van der Waals surface area contributed by atoms with Crippen LogP contribution in [-0.2, 0) is 21.3 Å². The molecule has 6 rings (SSSR count). The number of hydrogen-bond donors (Lipinski definition) is 0. The van der Waals surface area contributed by atoms with Gasteiger partial charge in [-0.15, -0.1) is 0 Å². The fourth-order valence-corrected chi connectivity index (χ4v) is 17.9. The minimum absolute atomic E-state index is 0. The molecule has 45 heavy (non-hydrogen) atoms. The molecule has 1 unspecified atom stereocenters. The van der Waals surface area contributed by atoms with E-state index in [0.29, 0.717) is 9.54 Å². The van der Waals surface area contributed by atoms with Gasteiger partial charge in [0.15, 0.2) is 0 Å². The summed E-state index contributed by atoms with van der Waals surface area (Å²) in [6, 6.07) is 37.6. The van der Waals surface area contributed by atoms with Crippen LogP contribution in [0.2, 0.25) is 0 Å². The Hall–Kier alpha value is -2.31. The van der Waals surface area contributed by atoms with Crippen LogP contribution in [0.25, 0.3) is 11.1 Å². The summed E-state index contributed by atoms with van der Waals surface area (Å²) in [5.41, 5.74) is 15.1. The summed E-state index contributed by atoms with van der Waals surface area (Å²) in [6.07, 6.45) is 10.0. The van der Waals surface area contributed by atoms with Crippen LogP contribution in [-0.4, -0.2) is 3.21 Å². The van der Waals surface area contributed by atoms with Gasteiger partial charge in [-0.05, 0) is 0 Å². The number of hydrogen-bond acceptors (Lipinski definition) is 0. The van der Waals surface area contributed by atoms with E-state index < -0.39 is 21.3 Å². The minimum atomic E-state index is -2.82. The zero-order valence-corrected chi connectivity index (χ0v) is 31.4. The monoisotopic (exact) mass is 710 g/mol. The maximum atomic E-state index is 2.74.